The zero-order valence-corrected chi connectivity index (χ0v) is 13.6. The Bertz CT molecular complexity index is 970. The minimum atomic E-state index is -0.184. The van der Waals surface area contributed by atoms with Crippen LogP contribution in [0.2, 0.25) is 0 Å². The summed E-state index contributed by atoms with van der Waals surface area (Å²) in [5.41, 5.74) is 4.39. The number of rotatable bonds is 3. The van der Waals surface area contributed by atoms with Gasteiger partial charge < -0.3 is 5.32 Å². The minimum Gasteiger partial charge on any atom is -0.322 e. The van der Waals surface area contributed by atoms with Gasteiger partial charge in [-0.05, 0) is 43.2 Å². The van der Waals surface area contributed by atoms with Gasteiger partial charge in [-0.15, -0.1) is 0 Å². The van der Waals surface area contributed by atoms with E-state index in [1.165, 1.54) is 0 Å². The fourth-order valence-electron chi connectivity index (χ4n) is 2.86. The number of benzene rings is 2. The Balaban J connectivity index is 2.09. The lowest BCUT2D eigenvalue weighted by atomic mass is 9.99. The number of pyridine rings is 1. The summed E-state index contributed by atoms with van der Waals surface area (Å²) in [4.78, 5) is 17.5. The van der Waals surface area contributed by atoms with E-state index >= 15 is 0 Å². The van der Waals surface area contributed by atoms with E-state index in [0.29, 0.717) is 16.8 Å². The van der Waals surface area contributed by atoms with E-state index in [1.807, 2.05) is 38.1 Å². The molecule has 0 aliphatic rings. The number of carbonyl (C=O) groups excluding carboxylic acids is 1. The first kappa shape index (κ1) is 15.7. The lowest BCUT2D eigenvalue weighted by molar-refractivity contribution is 0.102. The Morgan fingerprint density at radius 2 is 2.00 bits per heavy atom. The highest BCUT2D eigenvalue weighted by Gasteiger charge is 2.17. The molecule has 24 heavy (non-hydrogen) atoms. The van der Waals surface area contributed by atoms with Gasteiger partial charge in [0.05, 0.1) is 22.7 Å². The van der Waals surface area contributed by atoms with Crippen LogP contribution in [0, 0.1) is 18.3 Å². The first-order chi connectivity index (χ1) is 11.6. The summed E-state index contributed by atoms with van der Waals surface area (Å²) in [5, 5.41) is 12.7. The van der Waals surface area contributed by atoms with Crippen LogP contribution in [-0.4, -0.2) is 10.9 Å². The molecule has 4 heteroatoms. The molecule has 118 valence electrons. The first-order valence-corrected chi connectivity index (χ1v) is 7.83. The number of aromatic nitrogens is 1. The van der Waals surface area contributed by atoms with Gasteiger partial charge in [0.15, 0.2) is 0 Å². The lowest BCUT2D eigenvalue weighted by Gasteiger charge is -2.14. The van der Waals surface area contributed by atoms with Crippen molar-refractivity contribution in [2.75, 3.05) is 5.32 Å². The van der Waals surface area contributed by atoms with E-state index < -0.39 is 0 Å². The van der Waals surface area contributed by atoms with Gasteiger partial charge in [-0.25, -0.2) is 0 Å². The molecule has 0 saturated heterocycles. The number of para-hydroxylation sites is 1. The molecular weight excluding hydrogens is 298 g/mol. The summed E-state index contributed by atoms with van der Waals surface area (Å²) in [5.74, 6) is -0.184. The second kappa shape index (κ2) is 6.51. The SMILES string of the molecule is CCc1nc2ccccc2c(C(=O)Nc2cccc(C#N)c2)c1C. The van der Waals surface area contributed by atoms with E-state index in [-0.39, 0.29) is 5.91 Å². The minimum absolute atomic E-state index is 0.184. The van der Waals surface area contributed by atoms with Crippen molar-refractivity contribution in [1.82, 2.24) is 4.98 Å². The van der Waals surface area contributed by atoms with E-state index in [9.17, 15) is 4.79 Å². The van der Waals surface area contributed by atoms with Crippen molar-refractivity contribution < 1.29 is 4.79 Å². The highest BCUT2D eigenvalue weighted by molar-refractivity contribution is 6.13. The maximum Gasteiger partial charge on any atom is 0.256 e. The molecule has 3 aromatic rings. The monoisotopic (exact) mass is 315 g/mol. The van der Waals surface area contributed by atoms with Crippen molar-refractivity contribution in [3.63, 3.8) is 0 Å². The molecule has 0 unspecified atom stereocenters. The zero-order chi connectivity index (χ0) is 17.1. The molecule has 2 aromatic carbocycles. The summed E-state index contributed by atoms with van der Waals surface area (Å²) in [6, 6.07) is 16.6. The Morgan fingerprint density at radius 1 is 1.21 bits per heavy atom. The van der Waals surface area contributed by atoms with E-state index in [2.05, 4.69) is 16.4 Å². The summed E-state index contributed by atoms with van der Waals surface area (Å²) in [6.45, 7) is 3.96. The molecule has 0 spiro atoms. The van der Waals surface area contributed by atoms with Gasteiger partial charge in [0.25, 0.3) is 5.91 Å². The van der Waals surface area contributed by atoms with Crippen molar-refractivity contribution in [1.29, 1.82) is 5.26 Å². The molecule has 0 atom stereocenters. The first-order valence-electron chi connectivity index (χ1n) is 7.83. The Morgan fingerprint density at radius 3 is 2.75 bits per heavy atom. The van der Waals surface area contributed by atoms with Crippen molar-refractivity contribution in [3.05, 3.63) is 70.9 Å². The average molecular weight is 315 g/mol. The number of hydrogen-bond acceptors (Lipinski definition) is 3. The molecule has 0 radical (unpaired) electrons. The van der Waals surface area contributed by atoms with Gasteiger partial charge in [0.1, 0.15) is 0 Å². The number of nitrogens with zero attached hydrogens (tertiary/aromatic N) is 2. The van der Waals surface area contributed by atoms with Gasteiger partial charge in [-0.1, -0.05) is 31.2 Å². The topological polar surface area (TPSA) is 65.8 Å². The van der Waals surface area contributed by atoms with Crippen LogP contribution in [0.4, 0.5) is 5.69 Å². The molecular formula is C20H17N3O. The molecule has 0 bridgehead atoms. The number of anilines is 1. The third-order valence-corrected chi connectivity index (χ3v) is 4.05. The molecule has 0 aliphatic carbocycles. The highest BCUT2D eigenvalue weighted by atomic mass is 16.1. The molecule has 1 aromatic heterocycles. The maximum atomic E-state index is 12.9. The van der Waals surface area contributed by atoms with Crippen molar-refractivity contribution in [2.24, 2.45) is 0 Å². The summed E-state index contributed by atoms with van der Waals surface area (Å²) < 4.78 is 0. The lowest BCUT2D eigenvalue weighted by Crippen LogP contribution is -2.16. The van der Waals surface area contributed by atoms with Crippen LogP contribution in [-0.2, 0) is 6.42 Å². The van der Waals surface area contributed by atoms with Crippen LogP contribution in [0.25, 0.3) is 10.9 Å². The van der Waals surface area contributed by atoms with Crippen LogP contribution in [0.3, 0.4) is 0 Å². The molecule has 1 amide bonds. The van der Waals surface area contributed by atoms with E-state index in [4.69, 9.17) is 5.26 Å². The molecule has 0 saturated carbocycles. The number of aryl methyl sites for hydroxylation is 1. The molecule has 0 aliphatic heterocycles. The van der Waals surface area contributed by atoms with E-state index in [0.717, 1.165) is 28.6 Å². The van der Waals surface area contributed by atoms with Crippen LogP contribution in [0.15, 0.2) is 48.5 Å². The normalized spacial score (nSPS) is 10.4. The molecule has 0 fully saturated rings. The zero-order valence-electron chi connectivity index (χ0n) is 13.6. The molecule has 1 heterocycles. The fraction of sp³-hybridized carbons (Fsp3) is 0.150. The third-order valence-electron chi connectivity index (χ3n) is 4.05. The average Bonchev–Trinajstić information content (AvgIpc) is 2.61. The number of hydrogen-bond donors (Lipinski definition) is 1. The van der Waals surface area contributed by atoms with Crippen LogP contribution in [0.5, 0.6) is 0 Å². The second-order valence-corrected chi connectivity index (χ2v) is 5.58. The van der Waals surface area contributed by atoms with Crippen molar-refractivity contribution >= 4 is 22.5 Å². The van der Waals surface area contributed by atoms with Gasteiger partial charge in [0, 0.05) is 16.8 Å². The smallest absolute Gasteiger partial charge is 0.256 e. The van der Waals surface area contributed by atoms with Crippen LogP contribution >= 0.6 is 0 Å². The third kappa shape index (κ3) is 2.84. The van der Waals surface area contributed by atoms with Crippen molar-refractivity contribution in [2.45, 2.75) is 20.3 Å². The summed E-state index contributed by atoms with van der Waals surface area (Å²) in [7, 11) is 0. The summed E-state index contributed by atoms with van der Waals surface area (Å²) in [6.07, 6.45) is 0.765. The summed E-state index contributed by atoms with van der Waals surface area (Å²) >= 11 is 0. The van der Waals surface area contributed by atoms with Gasteiger partial charge >= 0.3 is 0 Å². The maximum absolute atomic E-state index is 12.9. The quantitative estimate of drug-likeness (QED) is 0.786. The molecule has 4 nitrogen and oxygen atoms in total. The van der Waals surface area contributed by atoms with Gasteiger partial charge in [-0.3, -0.25) is 9.78 Å². The Kier molecular flexibility index (Phi) is 4.26. The Hall–Kier alpha value is -3.19. The largest absolute Gasteiger partial charge is 0.322 e. The number of nitriles is 1. The predicted octanol–water partition coefficient (Wildman–Crippen LogP) is 4.23. The van der Waals surface area contributed by atoms with Crippen molar-refractivity contribution in [3.8, 4) is 6.07 Å². The van der Waals surface area contributed by atoms with Crippen LogP contribution < -0.4 is 5.32 Å². The molecule has 1 N–H and O–H groups in total. The number of amides is 1. The fourth-order valence-corrected chi connectivity index (χ4v) is 2.86. The Labute approximate surface area is 140 Å². The number of fused-ring (bicyclic) bond motifs is 1. The number of carbonyl (C=O) groups is 1. The van der Waals surface area contributed by atoms with E-state index in [1.54, 1.807) is 24.3 Å². The van der Waals surface area contributed by atoms with Crippen LogP contribution in [0.1, 0.15) is 34.1 Å². The predicted molar refractivity (Wildman–Crippen MR) is 95.0 cm³/mol. The second-order valence-electron chi connectivity index (χ2n) is 5.58. The standard InChI is InChI=1S/C20H17N3O/c1-3-17-13(2)19(16-9-4-5-10-18(16)23-17)20(24)22-15-8-6-7-14(11-15)12-21/h4-11H,3H2,1-2H3,(H,22,24). The number of nitrogens with one attached hydrogen (secondary N) is 1. The van der Waals surface area contributed by atoms with Gasteiger partial charge in [0.2, 0.25) is 0 Å². The van der Waals surface area contributed by atoms with Gasteiger partial charge in [-0.2, -0.15) is 5.26 Å². The molecule has 3 rings (SSSR count). The highest BCUT2D eigenvalue weighted by Crippen LogP contribution is 2.24.